The molecule has 2 aromatic rings. The highest BCUT2D eigenvalue weighted by Gasteiger charge is 2.13. The number of fused-ring (bicyclic) bond motifs is 1. The molecule has 76 valence electrons. The zero-order valence-corrected chi connectivity index (χ0v) is 8.64. The normalized spacial score (nSPS) is 11.2. The van der Waals surface area contributed by atoms with Crippen molar-refractivity contribution < 1.29 is 12.8 Å². The highest BCUT2D eigenvalue weighted by atomic mass is 35.5. The van der Waals surface area contributed by atoms with Crippen molar-refractivity contribution in [1.29, 1.82) is 0 Å². The Morgan fingerprint density at radius 2 is 1.86 bits per heavy atom. The van der Waals surface area contributed by atoms with Crippen molar-refractivity contribution in [3.05, 3.63) is 30.3 Å². The summed E-state index contributed by atoms with van der Waals surface area (Å²) in [5.41, 5.74) is 0.520. The minimum Gasteiger partial charge on any atom is -0.443 e. The molecule has 0 unspecified atom stereocenters. The molecule has 14 heavy (non-hydrogen) atoms. The number of sulfonamides is 1. The molecule has 1 aromatic carbocycles. The third-order valence-corrected chi connectivity index (χ3v) is 2.45. The van der Waals surface area contributed by atoms with Crippen LogP contribution in [-0.4, -0.2) is 8.42 Å². The Bertz CT molecular complexity index is 513. The van der Waals surface area contributed by atoms with Crippen molar-refractivity contribution in [3.8, 4) is 0 Å². The van der Waals surface area contributed by atoms with E-state index in [1.165, 1.54) is 6.07 Å². The van der Waals surface area contributed by atoms with E-state index in [2.05, 4.69) is 0 Å². The lowest BCUT2D eigenvalue weighted by molar-refractivity contribution is 0.482. The van der Waals surface area contributed by atoms with E-state index in [0.29, 0.717) is 5.58 Å². The Labute approximate surface area is 87.2 Å². The maximum atomic E-state index is 10.9. The molecule has 0 atom stereocenters. The van der Waals surface area contributed by atoms with Gasteiger partial charge in [-0.25, -0.2) is 13.6 Å². The Morgan fingerprint density at radius 1 is 1.21 bits per heavy atom. The Morgan fingerprint density at radius 3 is 2.43 bits per heavy atom. The van der Waals surface area contributed by atoms with Gasteiger partial charge >= 0.3 is 0 Å². The minimum atomic E-state index is -3.73. The lowest BCUT2D eigenvalue weighted by Gasteiger charge is -1.87. The van der Waals surface area contributed by atoms with Crippen molar-refractivity contribution in [2.75, 3.05) is 0 Å². The maximum absolute atomic E-state index is 10.9. The smallest absolute Gasteiger partial charge is 0.271 e. The first-order valence-corrected chi connectivity index (χ1v) is 5.13. The molecule has 0 aliphatic heterocycles. The van der Waals surface area contributed by atoms with Gasteiger partial charge in [0.1, 0.15) is 5.58 Å². The number of nitrogens with two attached hydrogens (primary N) is 1. The van der Waals surface area contributed by atoms with E-state index in [9.17, 15) is 8.42 Å². The summed E-state index contributed by atoms with van der Waals surface area (Å²) in [5, 5.41) is 5.43. The molecule has 0 fully saturated rings. The molecule has 0 bridgehead atoms. The molecule has 0 amide bonds. The van der Waals surface area contributed by atoms with Crippen LogP contribution in [0, 0.1) is 0 Å². The largest absolute Gasteiger partial charge is 0.443 e. The summed E-state index contributed by atoms with van der Waals surface area (Å²) in [6.07, 6.45) is 0. The molecule has 0 radical (unpaired) electrons. The zero-order valence-electron chi connectivity index (χ0n) is 7.01. The van der Waals surface area contributed by atoms with Crippen LogP contribution in [0.5, 0.6) is 0 Å². The predicted molar refractivity (Wildman–Crippen MR) is 54.8 cm³/mol. The number of furan rings is 1. The first-order valence-electron chi connectivity index (χ1n) is 3.59. The number of hydrogen-bond donors (Lipinski definition) is 1. The molecule has 0 aliphatic carbocycles. The van der Waals surface area contributed by atoms with E-state index < -0.39 is 10.0 Å². The zero-order chi connectivity index (χ0) is 9.47. The van der Waals surface area contributed by atoms with E-state index in [-0.39, 0.29) is 17.5 Å². The fourth-order valence-electron chi connectivity index (χ4n) is 1.10. The van der Waals surface area contributed by atoms with Crippen molar-refractivity contribution in [3.63, 3.8) is 0 Å². The summed E-state index contributed by atoms with van der Waals surface area (Å²) in [6.45, 7) is 0. The van der Waals surface area contributed by atoms with Crippen molar-refractivity contribution in [2.45, 2.75) is 5.09 Å². The first kappa shape index (κ1) is 11.0. The average Bonchev–Trinajstić information content (AvgIpc) is 2.45. The minimum absolute atomic E-state index is 0. The van der Waals surface area contributed by atoms with Crippen molar-refractivity contribution >= 4 is 33.4 Å². The molecule has 0 aliphatic rings. The average molecular weight is 234 g/mol. The van der Waals surface area contributed by atoms with E-state index in [1.54, 1.807) is 24.3 Å². The molecule has 0 saturated heterocycles. The van der Waals surface area contributed by atoms with Crippen LogP contribution in [-0.2, 0) is 10.0 Å². The molecular formula is C8H8ClNO3S. The molecule has 0 spiro atoms. The Kier molecular flexibility index (Phi) is 2.84. The summed E-state index contributed by atoms with van der Waals surface area (Å²) in [6, 6.07) is 8.41. The number of hydrogen-bond acceptors (Lipinski definition) is 3. The second-order valence-electron chi connectivity index (χ2n) is 2.65. The van der Waals surface area contributed by atoms with Crippen LogP contribution < -0.4 is 5.14 Å². The second kappa shape index (κ2) is 3.61. The van der Waals surface area contributed by atoms with Gasteiger partial charge in [-0.15, -0.1) is 12.4 Å². The Hall–Kier alpha value is -1.04. The maximum Gasteiger partial charge on any atom is 0.271 e. The van der Waals surface area contributed by atoms with E-state index in [0.717, 1.165) is 5.39 Å². The van der Waals surface area contributed by atoms with Gasteiger partial charge in [0, 0.05) is 11.5 Å². The van der Waals surface area contributed by atoms with Gasteiger partial charge in [-0.1, -0.05) is 18.2 Å². The molecule has 2 rings (SSSR count). The van der Waals surface area contributed by atoms with Crippen LogP contribution in [0.25, 0.3) is 11.0 Å². The molecule has 1 heterocycles. The SMILES string of the molecule is Cl.NS(=O)(=O)c1cc2ccccc2o1. The second-order valence-corrected chi connectivity index (χ2v) is 4.14. The number of para-hydroxylation sites is 1. The van der Waals surface area contributed by atoms with E-state index >= 15 is 0 Å². The van der Waals surface area contributed by atoms with Gasteiger partial charge < -0.3 is 4.42 Å². The van der Waals surface area contributed by atoms with E-state index in [1.807, 2.05) is 0 Å². The van der Waals surface area contributed by atoms with Gasteiger partial charge in [-0.3, -0.25) is 0 Å². The molecule has 6 heteroatoms. The quantitative estimate of drug-likeness (QED) is 0.811. The van der Waals surface area contributed by atoms with Crippen molar-refractivity contribution in [1.82, 2.24) is 0 Å². The lowest BCUT2D eigenvalue weighted by atomic mass is 10.3. The molecule has 1 aromatic heterocycles. The van der Waals surface area contributed by atoms with Crippen LogP contribution in [0.4, 0.5) is 0 Å². The number of primary sulfonamides is 1. The topological polar surface area (TPSA) is 73.3 Å². The summed E-state index contributed by atoms with van der Waals surface area (Å²) in [7, 11) is -3.73. The molecular weight excluding hydrogens is 226 g/mol. The van der Waals surface area contributed by atoms with Crippen LogP contribution in [0.1, 0.15) is 0 Å². The highest BCUT2D eigenvalue weighted by Crippen LogP contribution is 2.20. The van der Waals surface area contributed by atoms with Gasteiger partial charge in [0.2, 0.25) is 5.09 Å². The van der Waals surface area contributed by atoms with Gasteiger partial charge in [0.15, 0.2) is 0 Å². The van der Waals surface area contributed by atoms with Gasteiger partial charge in [-0.2, -0.15) is 0 Å². The highest BCUT2D eigenvalue weighted by molar-refractivity contribution is 7.89. The first-order chi connectivity index (χ1) is 6.07. The van der Waals surface area contributed by atoms with E-state index in [4.69, 9.17) is 9.56 Å². The van der Waals surface area contributed by atoms with Crippen LogP contribution in [0.2, 0.25) is 0 Å². The number of halogens is 1. The number of benzene rings is 1. The third kappa shape index (κ3) is 1.89. The van der Waals surface area contributed by atoms with Crippen molar-refractivity contribution in [2.24, 2.45) is 5.14 Å². The van der Waals surface area contributed by atoms with Crippen LogP contribution >= 0.6 is 12.4 Å². The van der Waals surface area contributed by atoms with Crippen LogP contribution in [0.3, 0.4) is 0 Å². The lowest BCUT2D eigenvalue weighted by Crippen LogP contribution is -2.10. The monoisotopic (exact) mass is 233 g/mol. The molecule has 2 N–H and O–H groups in total. The Balaban J connectivity index is 0.000000980. The standard InChI is InChI=1S/C8H7NO3S.ClH/c9-13(10,11)8-5-6-3-1-2-4-7(6)12-8;/h1-5H,(H2,9,10,11);1H. The fraction of sp³-hybridized carbons (Fsp3) is 0. The van der Waals surface area contributed by atoms with Crippen LogP contribution in [0.15, 0.2) is 39.8 Å². The third-order valence-electron chi connectivity index (χ3n) is 1.68. The summed E-state index contributed by atoms with van der Waals surface area (Å²) in [4.78, 5) is 0. The number of rotatable bonds is 1. The fourth-order valence-corrected chi connectivity index (χ4v) is 1.59. The predicted octanol–water partition coefficient (Wildman–Crippen LogP) is 1.50. The van der Waals surface area contributed by atoms with Gasteiger partial charge in [0.25, 0.3) is 10.0 Å². The summed E-state index contributed by atoms with van der Waals surface area (Å²) >= 11 is 0. The van der Waals surface area contributed by atoms with Gasteiger partial charge in [0.05, 0.1) is 0 Å². The molecule has 0 saturated carbocycles. The molecule has 4 nitrogen and oxygen atoms in total. The van der Waals surface area contributed by atoms with Gasteiger partial charge in [-0.05, 0) is 6.07 Å². The summed E-state index contributed by atoms with van der Waals surface area (Å²) < 4.78 is 26.8. The summed E-state index contributed by atoms with van der Waals surface area (Å²) in [5.74, 6) is 0.